The molecule has 4 atom stereocenters. The molecule has 2 aromatic rings. The number of rotatable bonds is 11. The van der Waals surface area contributed by atoms with Gasteiger partial charge in [-0.05, 0) is 51.4 Å². The number of hydrogen-bond donors (Lipinski definition) is 0. The molecule has 2 saturated heterocycles. The molecule has 0 saturated carbocycles. The summed E-state index contributed by atoms with van der Waals surface area (Å²) in [6, 6.07) is 0. The van der Waals surface area contributed by atoms with Gasteiger partial charge in [-0.15, -0.1) is 10.2 Å². The molecule has 8 nitrogen and oxygen atoms in total. The summed E-state index contributed by atoms with van der Waals surface area (Å²) in [5.74, 6) is 0. The fourth-order valence-corrected chi connectivity index (χ4v) is 4.50. The number of aryl methyl sites for hydroxylation is 2. The van der Waals surface area contributed by atoms with Gasteiger partial charge >= 0.3 is 0 Å². The van der Waals surface area contributed by atoms with Crippen LogP contribution in [-0.4, -0.2) is 54.4 Å². The van der Waals surface area contributed by atoms with Crippen LogP contribution in [0.25, 0.3) is 0 Å². The Morgan fingerprint density at radius 1 is 0.767 bits per heavy atom. The van der Waals surface area contributed by atoms with Crippen molar-refractivity contribution in [3.8, 4) is 0 Å². The Morgan fingerprint density at radius 2 is 1.23 bits per heavy atom. The first-order chi connectivity index (χ1) is 14.7. The maximum atomic E-state index is 6.34. The molecule has 2 aliphatic heterocycles. The summed E-state index contributed by atoms with van der Waals surface area (Å²) in [5, 5.41) is 17.1. The van der Waals surface area contributed by atoms with E-state index in [1.54, 1.807) is 0 Å². The molecule has 0 amide bonds. The number of aromatic nitrogens is 6. The van der Waals surface area contributed by atoms with E-state index in [0.717, 1.165) is 75.8 Å². The summed E-state index contributed by atoms with van der Waals surface area (Å²) < 4.78 is 16.6. The summed E-state index contributed by atoms with van der Waals surface area (Å²) in [7, 11) is 0. The summed E-state index contributed by atoms with van der Waals surface area (Å²) in [6.07, 6.45) is 15.9. The van der Waals surface area contributed by atoms with Gasteiger partial charge in [0.05, 0.1) is 48.9 Å². The minimum absolute atomic E-state index is 0.193. The lowest BCUT2D eigenvalue weighted by Gasteiger charge is -2.20. The second kappa shape index (κ2) is 10.5. The van der Waals surface area contributed by atoms with Crippen LogP contribution < -0.4 is 0 Å². The molecule has 2 aromatic heterocycles. The predicted octanol–water partition coefficient (Wildman–Crippen LogP) is 3.35. The van der Waals surface area contributed by atoms with Gasteiger partial charge in [-0.25, -0.2) is 9.36 Å². The second-order valence-corrected chi connectivity index (χ2v) is 8.82. The van der Waals surface area contributed by atoms with E-state index in [4.69, 9.17) is 9.47 Å². The van der Waals surface area contributed by atoms with E-state index in [1.165, 1.54) is 12.8 Å². The van der Waals surface area contributed by atoms with Gasteiger partial charge < -0.3 is 9.47 Å². The van der Waals surface area contributed by atoms with Gasteiger partial charge in [0.1, 0.15) is 0 Å². The first kappa shape index (κ1) is 21.4. The van der Waals surface area contributed by atoms with Gasteiger partial charge in [0.25, 0.3) is 0 Å². The maximum absolute atomic E-state index is 6.34. The van der Waals surface area contributed by atoms with E-state index >= 15 is 0 Å². The highest BCUT2D eigenvalue weighted by molar-refractivity contribution is 4.94. The molecule has 0 N–H and O–H groups in total. The van der Waals surface area contributed by atoms with Crippen molar-refractivity contribution in [2.24, 2.45) is 0 Å². The normalized spacial score (nSPS) is 26.6. The van der Waals surface area contributed by atoms with Crippen molar-refractivity contribution >= 4 is 0 Å². The first-order valence-corrected chi connectivity index (χ1v) is 11.8. The van der Waals surface area contributed by atoms with E-state index in [1.807, 2.05) is 9.36 Å². The van der Waals surface area contributed by atoms with Crippen LogP contribution in [0.2, 0.25) is 0 Å². The first-order valence-electron chi connectivity index (χ1n) is 11.8. The highest BCUT2D eigenvalue weighted by Gasteiger charge is 2.37. The highest BCUT2D eigenvalue weighted by atomic mass is 16.6. The topological polar surface area (TPSA) is 79.9 Å². The smallest absolute Gasteiger partial charge is 0.0842 e. The molecule has 0 aromatic carbocycles. The molecule has 4 rings (SSSR count). The molecule has 0 spiro atoms. The van der Waals surface area contributed by atoms with Crippen LogP contribution in [0, 0.1) is 0 Å². The van der Waals surface area contributed by atoms with E-state index < -0.39 is 0 Å². The van der Waals surface area contributed by atoms with Crippen LogP contribution in [0.1, 0.15) is 76.6 Å². The van der Waals surface area contributed by atoms with E-state index in [2.05, 4.69) is 46.9 Å². The molecule has 166 valence electrons. The van der Waals surface area contributed by atoms with Gasteiger partial charge in [0.2, 0.25) is 0 Å². The molecule has 0 bridgehead atoms. The van der Waals surface area contributed by atoms with Crippen LogP contribution in [-0.2, 0) is 35.4 Å². The Bertz CT molecular complexity index is 711. The molecular formula is C22H36N6O2. The largest absolute Gasteiger partial charge is 0.370 e. The summed E-state index contributed by atoms with van der Waals surface area (Å²) in [6.45, 7) is 5.96. The average molecular weight is 417 g/mol. The van der Waals surface area contributed by atoms with Crippen LogP contribution in [0.15, 0.2) is 12.4 Å². The lowest BCUT2D eigenvalue weighted by molar-refractivity contribution is -0.0714. The quantitative estimate of drug-likeness (QED) is 0.559. The zero-order valence-corrected chi connectivity index (χ0v) is 18.4. The van der Waals surface area contributed by atoms with Crippen molar-refractivity contribution in [1.29, 1.82) is 0 Å². The lowest BCUT2D eigenvalue weighted by atomic mass is 10.1. The minimum atomic E-state index is 0.193. The number of unbranched alkanes of at least 4 members (excludes halogenated alkanes) is 2. The molecule has 2 fully saturated rings. The van der Waals surface area contributed by atoms with Crippen molar-refractivity contribution < 1.29 is 9.47 Å². The molecule has 0 unspecified atom stereocenters. The van der Waals surface area contributed by atoms with Gasteiger partial charge in [-0.2, -0.15) is 0 Å². The third-order valence-electron chi connectivity index (χ3n) is 6.22. The van der Waals surface area contributed by atoms with Gasteiger partial charge in [0, 0.05) is 12.4 Å². The lowest BCUT2D eigenvalue weighted by Crippen LogP contribution is -2.29. The molecular weight excluding hydrogens is 380 g/mol. The van der Waals surface area contributed by atoms with Crippen molar-refractivity contribution in [3.05, 3.63) is 23.8 Å². The second-order valence-electron chi connectivity index (χ2n) is 8.82. The van der Waals surface area contributed by atoms with Crippen molar-refractivity contribution in [3.63, 3.8) is 0 Å². The minimum Gasteiger partial charge on any atom is -0.370 e. The molecule has 4 heterocycles. The Hall–Kier alpha value is -1.80. The molecule has 0 aliphatic carbocycles. The Labute approximate surface area is 179 Å². The predicted molar refractivity (Wildman–Crippen MR) is 113 cm³/mol. The van der Waals surface area contributed by atoms with E-state index in [0.29, 0.717) is 0 Å². The molecule has 0 radical (unpaired) electrons. The maximum Gasteiger partial charge on any atom is 0.0842 e. The van der Waals surface area contributed by atoms with Crippen LogP contribution in [0.5, 0.6) is 0 Å². The van der Waals surface area contributed by atoms with Crippen LogP contribution in [0.3, 0.4) is 0 Å². The fourth-order valence-electron chi connectivity index (χ4n) is 4.50. The third kappa shape index (κ3) is 5.66. The van der Waals surface area contributed by atoms with Crippen molar-refractivity contribution in [1.82, 2.24) is 30.0 Å². The standard InChI is InChI=1S/C22H36N6O2/c1-3-5-7-17-13-27(25-23-17)15-19-9-11-21(29-19)22-12-10-20(30-22)16-28-14-18(24-26-28)8-6-4-2/h13-14,19-22H,3-12,15-16H2,1-2H3/t19-,20-,21+,22+/m1/s1. The zero-order valence-electron chi connectivity index (χ0n) is 18.4. The number of hydrogen-bond acceptors (Lipinski definition) is 6. The number of nitrogens with zero attached hydrogens (tertiary/aromatic N) is 6. The van der Waals surface area contributed by atoms with Crippen molar-refractivity contribution in [2.45, 2.75) is 116 Å². The molecule has 30 heavy (non-hydrogen) atoms. The Balaban J connectivity index is 1.20. The molecule has 8 heteroatoms. The van der Waals surface area contributed by atoms with Gasteiger partial charge in [0.15, 0.2) is 0 Å². The number of ether oxygens (including phenoxy) is 2. The van der Waals surface area contributed by atoms with Crippen LogP contribution >= 0.6 is 0 Å². The summed E-state index contributed by atoms with van der Waals surface area (Å²) in [4.78, 5) is 0. The summed E-state index contributed by atoms with van der Waals surface area (Å²) in [5.41, 5.74) is 2.17. The Morgan fingerprint density at radius 3 is 1.67 bits per heavy atom. The zero-order chi connectivity index (χ0) is 20.8. The third-order valence-corrected chi connectivity index (χ3v) is 6.22. The van der Waals surface area contributed by atoms with Crippen molar-refractivity contribution in [2.75, 3.05) is 0 Å². The Kier molecular flexibility index (Phi) is 7.49. The monoisotopic (exact) mass is 416 g/mol. The summed E-state index contributed by atoms with van der Waals surface area (Å²) >= 11 is 0. The van der Waals surface area contributed by atoms with Crippen LogP contribution in [0.4, 0.5) is 0 Å². The van der Waals surface area contributed by atoms with Gasteiger partial charge in [-0.1, -0.05) is 37.1 Å². The SMILES string of the molecule is CCCCc1cn(C[C@H]2CC[C@@H]([C@@H]3CC[C@H](Cn4cc(CCCC)nn4)O3)O2)nn1. The van der Waals surface area contributed by atoms with Gasteiger partial charge in [-0.3, -0.25) is 0 Å². The highest BCUT2D eigenvalue weighted by Crippen LogP contribution is 2.32. The molecule has 2 aliphatic rings. The van der Waals surface area contributed by atoms with E-state index in [-0.39, 0.29) is 24.4 Å². The van der Waals surface area contributed by atoms with E-state index in [9.17, 15) is 0 Å². The fraction of sp³-hybridized carbons (Fsp3) is 0.818. The average Bonchev–Trinajstić information content (AvgIpc) is 3.54.